The van der Waals surface area contributed by atoms with Gasteiger partial charge in [-0.05, 0) is 62.8 Å². The van der Waals surface area contributed by atoms with E-state index in [1.807, 2.05) is 68.4 Å². The van der Waals surface area contributed by atoms with Gasteiger partial charge in [0.1, 0.15) is 5.75 Å². The zero-order chi connectivity index (χ0) is 23.0. The Kier molecular flexibility index (Phi) is 8.70. The van der Waals surface area contributed by atoms with Crippen molar-refractivity contribution < 1.29 is 17.9 Å². The van der Waals surface area contributed by atoms with Crippen LogP contribution in [0.25, 0.3) is 0 Å². The van der Waals surface area contributed by atoms with Crippen molar-refractivity contribution >= 4 is 15.9 Å². The Hall–Kier alpha value is -2.38. The average molecular weight is 459 g/mol. The summed E-state index contributed by atoms with van der Waals surface area (Å²) in [6.45, 7) is 5.13. The van der Waals surface area contributed by atoms with Gasteiger partial charge in [0.15, 0.2) is 0 Å². The van der Waals surface area contributed by atoms with E-state index in [4.69, 9.17) is 4.74 Å². The van der Waals surface area contributed by atoms with Gasteiger partial charge in [-0.3, -0.25) is 4.79 Å². The first kappa shape index (κ1) is 24.3. The molecule has 0 aliphatic carbocycles. The lowest BCUT2D eigenvalue weighted by molar-refractivity contribution is -0.126. The molecule has 1 aliphatic heterocycles. The number of carbonyl (C=O) groups excluding carboxylic acids is 1. The molecular weight excluding hydrogens is 424 g/mol. The summed E-state index contributed by atoms with van der Waals surface area (Å²) in [5.74, 6) is 0.518. The lowest BCUT2D eigenvalue weighted by Gasteiger charge is -2.31. The maximum atomic E-state index is 12.8. The maximum absolute atomic E-state index is 12.8. The molecule has 7 heteroatoms. The fraction of sp³-hybridized carbons (Fsp3) is 0.480. The number of rotatable bonds is 10. The van der Waals surface area contributed by atoms with Gasteiger partial charge in [-0.2, -0.15) is 0 Å². The molecule has 0 spiro atoms. The Bertz CT molecular complexity index is 959. The zero-order valence-electron chi connectivity index (χ0n) is 19.0. The highest BCUT2D eigenvalue weighted by atomic mass is 32.2. The molecule has 6 nitrogen and oxygen atoms in total. The zero-order valence-corrected chi connectivity index (χ0v) is 19.8. The molecule has 0 bridgehead atoms. The van der Waals surface area contributed by atoms with E-state index < -0.39 is 10.0 Å². The Morgan fingerprint density at radius 1 is 1.09 bits per heavy atom. The second-order valence-corrected chi connectivity index (χ2v) is 10.7. The standard InChI is InChI=1S/C25H34N2O4S/c1-20(2)31-24-14-12-22(13-15-24)18-26-25(28)23-11-6-16-27(19-23)32(29,30)17-7-10-21-8-4-3-5-9-21/h3-5,8-9,12-15,20,23H,6-7,10-11,16-19H2,1-2H3,(H,26,28)/t23-/m1/s1. The van der Waals surface area contributed by atoms with Gasteiger partial charge in [0, 0.05) is 19.6 Å². The topological polar surface area (TPSA) is 75.7 Å². The SMILES string of the molecule is CC(C)Oc1ccc(CNC(=O)[C@@H]2CCCN(S(=O)(=O)CCCc3ccccc3)C2)cc1. The average Bonchev–Trinajstić information content (AvgIpc) is 2.79. The van der Waals surface area contributed by atoms with Gasteiger partial charge >= 0.3 is 0 Å². The second-order valence-electron chi connectivity index (χ2n) is 8.63. The van der Waals surface area contributed by atoms with E-state index in [1.54, 1.807) is 0 Å². The molecule has 2 aromatic carbocycles. The van der Waals surface area contributed by atoms with Gasteiger partial charge in [-0.25, -0.2) is 12.7 Å². The largest absolute Gasteiger partial charge is 0.491 e. The van der Waals surface area contributed by atoms with E-state index in [9.17, 15) is 13.2 Å². The first-order chi connectivity index (χ1) is 15.3. The summed E-state index contributed by atoms with van der Waals surface area (Å²) in [5.41, 5.74) is 2.12. The Morgan fingerprint density at radius 3 is 2.50 bits per heavy atom. The van der Waals surface area contributed by atoms with Crippen LogP contribution in [0.15, 0.2) is 54.6 Å². The summed E-state index contributed by atoms with van der Waals surface area (Å²) in [6, 6.07) is 17.6. The molecule has 0 unspecified atom stereocenters. The molecule has 3 rings (SSSR count). The maximum Gasteiger partial charge on any atom is 0.224 e. The van der Waals surface area contributed by atoms with Crippen molar-refractivity contribution in [2.45, 2.75) is 52.2 Å². The van der Waals surface area contributed by atoms with Crippen LogP contribution in [0.5, 0.6) is 5.75 Å². The second kappa shape index (κ2) is 11.5. The Morgan fingerprint density at radius 2 is 1.81 bits per heavy atom. The van der Waals surface area contributed by atoms with E-state index >= 15 is 0 Å². The molecule has 0 saturated carbocycles. The number of aryl methyl sites for hydroxylation is 1. The van der Waals surface area contributed by atoms with Gasteiger partial charge in [-0.15, -0.1) is 0 Å². The normalized spacial score (nSPS) is 17.3. The van der Waals surface area contributed by atoms with E-state index in [1.165, 1.54) is 4.31 Å². The van der Waals surface area contributed by atoms with Crippen LogP contribution >= 0.6 is 0 Å². The molecule has 2 aromatic rings. The minimum absolute atomic E-state index is 0.0864. The van der Waals surface area contributed by atoms with E-state index in [0.29, 0.717) is 32.4 Å². The van der Waals surface area contributed by atoms with Crippen LogP contribution in [0, 0.1) is 5.92 Å². The van der Waals surface area contributed by atoms with E-state index in [2.05, 4.69) is 5.32 Å². The number of sulfonamides is 1. The first-order valence-electron chi connectivity index (χ1n) is 11.4. The van der Waals surface area contributed by atoms with Gasteiger partial charge in [0.2, 0.25) is 15.9 Å². The van der Waals surface area contributed by atoms with Gasteiger partial charge in [-0.1, -0.05) is 42.5 Å². The number of hydrogen-bond acceptors (Lipinski definition) is 4. The first-order valence-corrected chi connectivity index (χ1v) is 13.0. The van der Waals surface area contributed by atoms with Crippen LogP contribution in [0.2, 0.25) is 0 Å². The van der Waals surface area contributed by atoms with Gasteiger partial charge in [0.25, 0.3) is 0 Å². The summed E-state index contributed by atoms with van der Waals surface area (Å²) < 4.78 is 32.8. The van der Waals surface area contributed by atoms with Crippen molar-refractivity contribution in [1.29, 1.82) is 0 Å². The van der Waals surface area contributed by atoms with E-state index in [-0.39, 0.29) is 30.2 Å². The molecule has 1 N–H and O–H groups in total. The third-order valence-corrected chi connectivity index (χ3v) is 7.54. The molecule has 1 heterocycles. The fourth-order valence-electron chi connectivity index (χ4n) is 3.93. The van der Waals surface area contributed by atoms with E-state index in [0.717, 1.165) is 23.3 Å². The summed E-state index contributed by atoms with van der Waals surface area (Å²) in [6.07, 6.45) is 2.85. The molecule has 1 fully saturated rings. The summed E-state index contributed by atoms with van der Waals surface area (Å²) in [7, 11) is -3.36. The number of piperidine rings is 1. The summed E-state index contributed by atoms with van der Waals surface area (Å²) >= 11 is 0. The minimum atomic E-state index is -3.36. The lowest BCUT2D eigenvalue weighted by atomic mass is 9.99. The van der Waals surface area contributed by atoms with Crippen molar-refractivity contribution in [2.24, 2.45) is 5.92 Å². The molecule has 0 radical (unpaired) electrons. The smallest absolute Gasteiger partial charge is 0.224 e. The number of nitrogens with zero attached hydrogens (tertiary/aromatic N) is 1. The highest BCUT2D eigenvalue weighted by molar-refractivity contribution is 7.89. The van der Waals surface area contributed by atoms with Crippen molar-refractivity contribution in [2.75, 3.05) is 18.8 Å². The quantitative estimate of drug-likeness (QED) is 0.588. The number of hydrogen-bond donors (Lipinski definition) is 1. The van der Waals surface area contributed by atoms with Gasteiger partial charge in [0.05, 0.1) is 17.8 Å². The van der Waals surface area contributed by atoms with Crippen LogP contribution in [0.4, 0.5) is 0 Å². The van der Waals surface area contributed by atoms with Crippen molar-refractivity contribution in [3.63, 3.8) is 0 Å². The Balaban J connectivity index is 1.47. The van der Waals surface area contributed by atoms with Crippen LogP contribution in [0.1, 0.15) is 44.2 Å². The third-order valence-electron chi connectivity index (χ3n) is 5.62. The number of nitrogens with one attached hydrogen (secondary N) is 1. The number of ether oxygens (including phenoxy) is 1. The van der Waals surface area contributed by atoms with Gasteiger partial charge < -0.3 is 10.1 Å². The predicted octanol–water partition coefficient (Wildman–Crippen LogP) is 3.76. The van der Waals surface area contributed by atoms with Crippen molar-refractivity contribution in [1.82, 2.24) is 9.62 Å². The van der Waals surface area contributed by atoms with Crippen LogP contribution in [0.3, 0.4) is 0 Å². The Labute approximate surface area is 192 Å². The monoisotopic (exact) mass is 458 g/mol. The van der Waals surface area contributed by atoms with Crippen LogP contribution in [-0.4, -0.2) is 43.6 Å². The molecule has 1 saturated heterocycles. The predicted molar refractivity (Wildman–Crippen MR) is 127 cm³/mol. The summed E-state index contributed by atoms with van der Waals surface area (Å²) in [4.78, 5) is 12.7. The molecule has 0 aromatic heterocycles. The number of amides is 1. The molecular formula is C25H34N2O4S. The molecule has 1 aliphatic rings. The molecule has 1 amide bonds. The lowest BCUT2D eigenvalue weighted by Crippen LogP contribution is -2.46. The van der Waals surface area contributed by atoms with Crippen LogP contribution < -0.4 is 10.1 Å². The molecule has 174 valence electrons. The fourth-order valence-corrected chi connectivity index (χ4v) is 5.51. The summed E-state index contributed by atoms with van der Waals surface area (Å²) in [5, 5.41) is 2.96. The molecule has 1 atom stereocenters. The van der Waals surface area contributed by atoms with Crippen LogP contribution in [-0.2, 0) is 27.8 Å². The highest BCUT2D eigenvalue weighted by Crippen LogP contribution is 2.21. The third kappa shape index (κ3) is 7.35. The minimum Gasteiger partial charge on any atom is -0.491 e. The number of benzene rings is 2. The van der Waals surface area contributed by atoms with Crippen molar-refractivity contribution in [3.05, 3.63) is 65.7 Å². The van der Waals surface area contributed by atoms with Crippen molar-refractivity contribution in [3.8, 4) is 5.75 Å². The molecule has 32 heavy (non-hydrogen) atoms. The highest BCUT2D eigenvalue weighted by Gasteiger charge is 2.31. The number of carbonyl (C=O) groups is 1.